The highest BCUT2D eigenvalue weighted by Crippen LogP contribution is 2.19. The van der Waals surface area contributed by atoms with Crippen molar-refractivity contribution in [1.29, 1.82) is 0 Å². The number of rotatable bonds is 6. The second-order valence-corrected chi connectivity index (χ2v) is 7.05. The summed E-state index contributed by atoms with van der Waals surface area (Å²) < 4.78 is 5.04. The summed E-state index contributed by atoms with van der Waals surface area (Å²) in [4.78, 5) is 36.4. The molecule has 1 aliphatic carbocycles. The molecule has 1 fully saturated rings. The quantitative estimate of drug-likeness (QED) is 0.754. The summed E-state index contributed by atoms with van der Waals surface area (Å²) in [6, 6.07) is 1.72. The highest BCUT2D eigenvalue weighted by atomic mass is 16.6. The van der Waals surface area contributed by atoms with Crippen molar-refractivity contribution in [3.8, 4) is 0 Å². The fraction of sp³-hybridized carbons (Fsp3) is 0.600. The van der Waals surface area contributed by atoms with Crippen LogP contribution < -0.4 is 10.2 Å². The molecule has 1 aromatic rings. The van der Waals surface area contributed by atoms with Crippen LogP contribution in [0.25, 0.3) is 0 Å². The number of carbonyl (C=O) groups is 2. The van der Waals surface area contributed by atoms with E-state index in [1.165, 1.54) is 24.7 Å². The molecule has 1 saturated heterocycles. The highest BCUT2D eigenvalue weighted by molar-refractivity contribution is 5.92. The van der Waals surface area contributed by atoms with Gasteiger partial charge in [0.15, 0.2) is 0 Å². The zero-order chi connectivity index (χ0) is 19.8. The first-order valence-electron chi connectivity index (χ1n) is 10.1. The SMILES string of the molecule is CCOC(=O)N1CCN(c2cc(C(=O)NCCC3=CCCCC3)ncn2)CC1. The van der Waals surface area contributed by atoms with Crippen LogP contribution in [0.4, 0.5) is 10.6 Å². The Bertz CT molecular complexity index is 714. The van der Waals surface area contributed by atoms with Gasteiger partial charge in [-0.3, -0.25) is 4.79 Å². The highest BCUT2D eigenvalue weighted by Gasteiger charge is 2.23. The van der Waals surface area contributed by atoms with Crippen molar-refractivity contribution in [3.05, 3.63) is 29.7 Å². The van der Waals surface area contributed by atoms with E-state index in [1.54, 1.807) is 17.9 Å². The Morgan fingerprint density at radius 1 is 1.18 bits per heavy atom. The average molecular weight is 387 g/mol. The largest absolute Gasteiger partial charge is 0.450 e. The Labute approximate surface area is 166 Å². The number of aromatic nitrogens is 2. The zero-order valence-corrected chi connectivity index (χ0v) is 16.5. The average Bonchev–Trinajstić information content (AvgIpc) is 2.75. The van der Waals surface area contributed by atoms with Crippen LogP contribution in [0.15, 0.2) is 24.0 Å². The fourth-order valence-corrected chi connectivity index (χ4v) is 3.54. The maximum absolute atomic E-state index is 12.4. The van der Waals surface area contributed by atoms with Gasteiger partial charge in [-0.05, 0) is 39.0 Å². The van der Waals surface area contributed by atoms with Gasteiger partial charge >= 0.3 is 6.09 Å². The van der Waals surface area contributed by atoms with Gasteiger partial charge in [0.05, 0.1) is 6.61 Å². The third-order valence-corrected chi connectivity index (χ3v) is 5.13. The first kappa shape index (κ1) is 20.1. The summed E-state index contributed by atoms with van der Waals surface area (Å²) in [5.41, 5.74) is 1.81. The third-order valence-electron chi connectivity index (χ3n) is 5.13. The van der Waals surface area contributed by atoms with Crippen molar-refractivity contribution in [2.45, 2.75) is 39.0 Å². The number of piperazine rings is 1. The number of hydrogen-bond donors (Lipinski definition) is 1. The topological polar surface area (TPSA) is 87.7 Å². The van der Waals surface area contributed by atoms with Gasteiger partial charge in [0.2, 0.25) is 0 Å². The lowest BCUT2D eigenvalue weighted by atomic mass is 9.97. The molecule has 0 unspecified atom stereocenters. The monoisotopic (exact) mass is 387 g/mol. The molecule has 3 rings (SSSR count). The predicted octanol–water partition coefficient (Wildman–Crippen LogP) is 2.38. The molecule has 8 heteroatoms. The van der Waals surface area contributed by atoms with Gasteiger partial charge in [0.25, 0.3) is 5.91 Å². The molecule has 152 valence electrons. The van der Waals surface area contributed by atoms with E-state index in [4.69, 9.17) is 4.74 Å². The number of hydrogen-bond acceptors (Lipinski definition) is 6. The molecule has 28 heavy (non-hydrogen) atoms. The third kappa shape index (κ3) is 5.43. The second-order valence-electron chi connectivity index (χ2n) is 7.05. The predicted molar refractivity (Wildman–Crippen MR) is 106 cm³/mol. The van der Waals surface area contributed by atoms with Gasteiger partial charge in [-0.2, -0.15) is 0 Å². The first-order chi connectivity index (χ1) is 13.7. The van der Waals surface area contributed by atoms with Crippen molar-refractivity contribution in [3.63, 3.8) is 0 Å². The molecule has 8 nitrogen and oxygen atoms in total. The molecular formula is C20H29N5O3. The van der Waals surface area contributed by atoms with Crippen molar-refractivity contribution < 1.29 is 14.3 Å². The van der Waals surface area contributed by atoms with Crippen LogP contribution in [0.5, 0.6) is 0 Å². The van der Waals surface area contributed by atoms with Crippen LogP contribution in [-0.2, 0) is 4.74 Å². The Kier molecular flexibility index (Phi) is 7.22. The number of amides is 2. The molecule has 0 aromatic carbocycles. The summed E-state index contributed by atoms with van der Waals surface area (Å²) in [5.74, 6) is 0.531. The smallest absolute Gasteiger partial charge is 0.409 e. The minimum absolute atomic E-state index is 0.176. The Balaban J connectivity index is 1.50. The van der Waals surface area contributed by atoms with Crippen molar-refractivity contribution in [1.82, 2.24) is 20.2 Å². The molecular weight excluding hydrogens is 358 g/mol. The summed E-state index contributed by atoms with van der Waals surface area (Å²) in [6.07, 6.45) is 9.16. The van der Waals surface area contributed by atoms with Gasteiger partial charge in [-0.25, -0.2) is 14.8 Å². The molecule has 0 saturated carbocycles. The standard InChI is InChI=1S/C20H29N5O3/c1-2-28-20(27)25-12-10-24(11-13-25)18-14-17(22-15-23-18)19(26)21-9-8-16-6-4-3-5-7-16/h6,14-15H,2-5,7-13H2,1H3,(H,21,26). The lowest BCUT2D eigenvalue weighted by Crippen LogP contribution is -2.49. The number of carbonyl (C=O) groups excluding carboxylic acids is 2. The lowest BCUT2D eigenvalue weighted by Gasteiger charge is -2.34. The molecule has 2 amide bonds. The molecule has 2 aliphatic rings. The molecule has 0 radical (unpaired) electrons. The van der Waals surface area contributed by atoms with Crippen molar-refractivity contribution in [2.75, 3.05) is 44.2 Å². The van der Waals surface area contributed by atoms with Crippen LogP contribution in [-0.4, -0.2) is 66.2 Å². The van der Waals surface area contributed by atoms with E-state index in [9.17, 15) is 9.59 Å². The summed E-state index contributed by atoms with van der Waals surface area (Å²) >= 11 is 0. The van der Waals surface area contributed by atoms with Crippen LogP contribution in [0.2, 0.25) is 0 Å². The van der Waals surface area contributed by atoms with Gasteiger partial charge < -0.3 is 19.9 Å². The maximum atomic E-state index is 12.4. The molecule has 2 heterocycles. The van der Waals surface area contributed by atoms with E-state index < -0.39 is 0 Å². The minimum Gasteiger partial charge on any atom is -0.450 e. The molecule has 0 atom stereocenters. The van der Waals surface area contributed by atoms with Gasteiger partial charge in [0, 0.05) is 38.8 Å². The Morgan fingerprint density at radius 2 is 2.00 bits per heavy atom. The Hall–Kier alpha value is -2.64. The van der Waals surface area contributed by atoms with E-state index in [0.29, 0.717) is 50.8 Å². The summed E-state index contributed by atoms with van der Waals surface area (Å²) in [6.45, 7) is 5.23. The lowest BCUT2D eigenvalue weighted by molar-refractivity contribution is 0.0948. The second kappa shape index (κ2) is 10.1. The van der Waals surface area contributed by atoms with E-state index in [1.807, 2.05) is 0 Å². The minimum atomic E-state index is -0.280. The Morgan fingerprint density at radius 3 is 2.71 bits per heavy atom. The number of allylic oxidation sites excluding steroid dienone is 1. The van der Waals surface area contributed by atoms with Crippen LogP contribution >= 0.6 is 0 Å². The zero-order valence-electron chi connectivity index (χ0n) is 16.5. The van der Waals surface area contributed by atoms with E-state index in [-0.39, 0.29) is 12.0 Å². The summed E-state index contributed by atoms with van der Waals surface area (Å²) in [7, 11) is 0. The number of nitrogens with one attached hydrogen (secondary N) is 1. The molecule has 0 bridgehead atoms. The van der Waals surface area contributed by atoms with E-state index in [2.05, 4.69) is 26.3 Å². The van der Waals surface area contributed by atoms with Crippen LogP contribution in [0.1, 0.15) is 49.5 Å². The fourth-order valence-electron chi connectivity index (χ4n) is 3.54. The number of anilines is 1. The molecule has 1 aliphatic heterocycles. The van der Waals surface area contributed by atoms with Gasteiger partial charge in [0.1, 0.15) is 17.8 Å². The van der Waals surface area contributed by atoms with E-state index >= 15 is 0 Å². The van der Waals surface area contributed by atoms with E-state index in [0.717, 1.165) is 19.3 Å². The molecule has 0 spiro atoms. The van der Waals surface area contributed by atoms with Gasteiger partial charge in [-0.15, -0.1) is 0 Å². The van der Waals surface area contributed by atoms with Crippen molar-refractivity contribution in [2.24, 2.45) is 0 Å². The number of ether oxygens (including phenoxy) is 1. The van der Waals surface area contributed by atoms with Crippen LogP contribution in [0.3, 0.4) is 0 Å². The first-order valence-corrected chi connectivity index (χ1v) is 10.1. The normalized spacial score (nSPS) is 17.1. The molecule has 1 aromatic heterocycles. The van der Waals surface area contributed by atoms with Crippen molar-refractivity contribution >= 4 is 17.8 Å². The number of nitrogens with zero attached hydrogens (tertiary/aromatic N) is 4. The molecule has 1 N–H and O–H groups in total. The summed E-state index contributed by atoms with van der Waals surface area (Å²) in [5, 5.41) is 2.95. The van der Waals surface area contributed by atoms with Crippen LogP contribution in [0, 0.1) is 0 Å². The maximum Gasteiger partial charge on any atom is 0.409 e. The van der Waals surface area contributed by atoms with Gasteiger partial charge in [-0.1, -0.05) is 11.6 Å².